The molecule has 0 atom stereocenters. The van der Waals surface area contributed by atoms with Crippen LogP contribution in [0.5, 0.6) is 0 Å². The van der Waals surface area contributed by atoms with Crippen molar-refractivity contribution < 1.29 is 10.2 Å². The zero-order valence-corrected chi connectivity index (χ0v) is 12.7. The van der Waals surface area contributed by atoms with Gasteiger partial charge in [0, 0.05) is 26.2 Å². The lowest BCUT2D eigenvalue weighted by Crippen LogP contribution is -2.47. The van der Waals surface area contributed by atoms with Crippen molar-refractivity contribution in [3.63, 3.8) is 0 Å². The molecule has 0 heterocycles. The summed E-state index contributed by atoms with van der Waals surface area (Å²) in [5.74, 6) is 0.846. The molecule has 0 spiro atoms. The number of aliphatic hydroxyl groups excluding tert-OH is 2. The fraction of sp³-hybridized carbons (Fsp3) is 1.00. The Bertz CT molecular complexity index is 217. The van der Waals surface area contributed by atoms with Gasteiger partial charge in [0.2, 0.25) is 0 Å². The third kappa shape index (κ3) is 5.78. The molecule has 1 aliphatic carbocycles. The summed E-state index contributed by atoms with van der Waals surface area (Å²) in [4.78, 5) is 2.22. The monoisotopic (exact) mass is 272 g/mol. The van der Waals surface area contributed by atoms with Gasteiger partial charge in [-0.1, -0.05) is 26.7 Å². The van der Waals surface area contributed by atoms with Gasteiger partial charge in [0.25, 0.3) is 0 Å². The van der Waals surface area contributed by atoms with Gasteiger partial charge in [-0.25, -0.2) is 0 Å². The Labute approximate surface area is 118 Å². The lowest BCUT2D eigenvalue weighted by atomic mass is 9.70. The molecule has 1 aliphatic rings. The molecule has 4 heteroatoms. The maximum absolute atomic E-state index is 9.16. The van der Waals surface area contributed by atoms with E-state index >= 15 is 0 Å². The summed E-state index contributed by atoms with van der Waals surface area (Å²) in [6.45, 7) is 9.25. The summed E-state index contributed by atoms with van der Waals surface area (Å²) in [6.07, 6.45) is 5.12. The van der Waals surface area contributed by atoms with Crippen LogP contribution in [0.3, 0.4) is 0 Å². The summed E-state index contributed by atoms with van der Waals surface area (Å²) < 4.78 is 0. The third-order valence-corrected chi connectivity index (χ3v) is 4.48. The lowest BCUT2D eigenvalue weighted by Gasteiger charge is -2.43. The topological polar surface area (TPSA) is 55.7 Å². The SMILES string of the molecule is CCNCC1(CN(CCO)CCO)CCC(C)CC1. The third-order valence-electron chi connectivity index (χ3n) is 4.48. The average Bonchev–Trinajstić information content (AvgIpc) is 2.40. The van der Waals surface area contributed by atoms with Crippen molar-refractivity contribution in [2.45, 2.75) is 39.5 Å². The van der Waals surface area contributed by atoms with E-state index in [9.17, 15) is 0 Å². The van der Waals surface area contributed by atoms with E-state index < -0.39 is 0 Å². The highest BCUT2D eigenvalue weighted by Gasteiger charge is 2.35. The highest BCUT2D eigenvalue weighted by atomic mass is 16.3. The van der Waals surface area contributed by atoms with E-state index in [2.05, 4.69) is 24.1 Å². The van der Waals surface area contributed by atoms with Gasteiger partial charge in [-0.3, -0.25) is 4.90 Å². The van der Waals surface area contributed by atoms with Crippen molar-refractivity contribution in [2.24, 2.45) is 11.3 Å². The van der Waals surface area contributed by atoms with Gasteiger partial charge in [0.1, 0.15) is 0 Å². The fourth-order valence-corrected chi connectivity index (χ4v) is 3.18. The molecule has 0 saturated heterocycles. The van der Waals surface area contributed by atoms with Gasteiger partial charge in [-0.2, -0.15) is 0 Å². The standard InChI is InChI=1S/C15H32N2O2/c1-3-16-12-15(6-4-14(2)5-7-15)13-17(8-10-18)9-11-19/h14,16,18-19H,3-13H2,1-2H3. The van der Waals surface area contributed by atoms with Gasteiger partial charge in [0.05, 0.1) is 13.2 Å². The van der Waals surface area contributed by atoms with Crippen molar-refractivity contribution in [1.82, 2.24) is 10.2 Å². The molecule has 1 saturated carbocycles. The number of hydrogen-bond acceptors (Lipinski definition) is 4. The minimum absolute atomic E-state index is 0.174. The van der Waals surface area contributed by atoms with Crippen LogP contribution >= 0.6 is 0 Å². The smallest absolute Gasteiger partial charge is 0.0558 e. The van der Waals surface area contributed by atoms with Gasteiger partial charge in [-0.15, -0.1) is 0 Å². The number of nitrogens with zero attached hydrogens (tertiary/aromatic N) is 1. The zero-order chi connectivity index (χ0) is 14.1. The van der Waals surface area contributed by atoms with E-state index in [0.29, 0.717) is 18.5 Å². The Morgan fingerprint density at radius 3 is 2.21 bits per heavy atom. The van der Waals surface area contributed by atoms with Gasteiger partial charge in [-0.05, 0) is 30.7 Å². The molecule has 1 fully saturated rings. The number of nitrogens with one attached hydrogen (secondary N) is 1. The Hall–Kier alpha value is -0.160. The molecule has 0 unspecified atom stereocenters. The van der Waals surface area contributed by atoms with Crippen LogP contribution in [0.25, 0.3) is 0 Å². The van der Waals surface area contributed by atoms with Crippen molar-refractivity contribution in [3.05, 3.63) is 0 Å². The van der Waals surface area contributed by atoms with Crippen LogP contribution < -0.4 is 5.32 Å². The molecular formula is C15H32N2O2. The first kappa shape index (κ1) is 16.9. The molecular weight excluding hydrogens is 240 g/mol. The van der Waals surface area contributed by atoms with Crippen molar-refractivity contribution in [2.75, 3.05) is 45.9 Å². The molecule has 0 aliphatic heterocycles. The Morgan fingerprint density at radius 1 is 1.16 bits per heavy atom. The van der Waals surface area contributed by atoms with E-state index in [-0.39, 0.29) is 13.2 Å². The second-order valence-electron chi connectivity index (χ2n) is 6.19. The highest BCUT2D eigenvalue weighted by Crippen LogP contribution is 2.39. The van der Waals surface area contributed by atoms with Crippen LogP contribution in [0.4, 0.5) is 0 Å². The summed E-state index contributed by atoms with van der Waals surface area (Å²) >= 11 is 0. The van der Waals surface area contributed by atoms with Crippen LogP contribution in [0.15, 0.2) is 0 Å². The van der Waals surface area contributed by atoms with Crippen LogP contribution in [-0.4, -0.2) is 61.1 Å². The lowest BCUT2D eigenvalue weighted by molar-refractivity contribution is 0.0661. The first-order chi connectivity index (χ1) is 9.15. The first-order valence-corrected chi connectivity index (χ1v) is 7.80. The number of hydrogen-bond donors (Lipinski definition) is 3. The van der Waals surface area contributed by atoms with Gasteiger partial charge < -0.3 is 15.5 Å². The molecule has 0 amide bonds. The van der Waals surface area contributed by atoms with E-state index in [1.165, 1.54) is 25.7 Å². The average molecular weight is 272 g/mol. The summed E-state index contributed by atoms with van der Waals surface area (Å²) in [5.41, 5.74) is 0.326. The van der Waals surface area contributed by atoms with Crippen molar-refractivity contribution >= 4 is 0 Å². The fourth-order valence-electron chi connectivity index (χ4n) is 3.18. The zero-order valence-electron chi connectivity index (χ0n) is 12.7. The summed E-state index contributed by atoms with van der Waals surface area (Å²) in [5, 5.41) is 21.8. The molecule has 0 bridgehead atoms. The van der Waals surface area contributed by atoms with Crippen LogP contribution in [0, 0.1) is 11.3 Å². The Kier molecular flexibility index (Phi) is 7.91. The maximum atomic E-state index is 9.16. The first-order valence-electron chi connectivity index (χ1n) is 7.80. The largest absolute Gasteiger partial charge is 0.395 e. The molecule has 0 radical (unpaired) electrons. The molecule has 114 valence electrons. The summed E-state index contributed by atoms with van der Waals surface area (Å²) in [7, 11) is 0. The maximum Gasteiger partial charge on any atom is 0.0558 e. The van der Waals surface area contributed by atoms with Crippen LogP contribution in [-0.2, 0) is 0 Å². The Morgan fingerprint density at radius 2 is 1.74 bits per heavy atom. The molecule has 0 aromatic carbocycles. The molecule has 19 heavy (non-hydrogen) atoms. The quantitative estimate of drug-likeness (QED) is 0.588. The van der Waals surface area contributed by atoms with E-state index in [1.54, 1.807) is 0 Å². The number of rotatable bonds is 9. The van der Waals surface area contributed by atoms with Crippen LogP contribution in [0.1, 0.15) is 39.5 Å². The highest BCUT2D eigenvalue weighted by molar-refractivity contribution is 4.89. The number of aliphatic hydroxyl groups is 2. The molecule has 3 N–H and O–H groups in total. The molecule has 1 rings (SSSR count). The second kappa shape index (κ2) is 8.90. The molecule has 4 nitrogen and oxygen atoms in total. The Balaban J connectivity index is 2.61. The molecule has 0 aromatic heterocycles. The predicted octanol–water partition coefficient (Wildman–Crippen LogP) is 1.08. The van der Waals surface area contributed by atoms with E-state index in [4.69, 9.17) is 10.2 Å². The minimum atomic E-state index is 0.174. The molecule has 0 aromatic rings. The van der Waals surface area contributed by atoms with Gasteiger partial charge >= 0.3 is 0 Å². The predicted molar refractivity (Wildman–Crippen MR) is 79.2 cm³/mol. The minimum Gasteiger partial charge on any atom is -0.395 e. The summed E-state index contributed by atoms with van der Waals surface area (Å²) in [6, 6.07) is 0. The van der Waals surface area contributed by atoms with Gasteiger partial charge in [0.15, 0.2) is 0 Å². The van der Waals surface area contributed by atoms with Crippen molar-refractivity contribution in [3.8, 4) is 0 Å². The van der Waals surface area contributed by atoms with E-state index in [0.717, 1.165) is 25.6 Å². The second-order valence-corrected chi connectivity index (χ2v) is 6.19. The van der Waals surface area contributed by atoms with E-state index in [1.807, 2.05) is 0 Å². The van der Waals surface area contributed by atoms with Crippen molar-refractivity contribution in [1.29, 1.82) is 0 Å². The normalized spacial score (nSPS) is 27.9. The van der Waals surface area contributed by atoms with Crippen LogP contribution in [0.2, 0.25) is 0 Å².